The predicted octanol–water partition coefficient (Wildman–Crippen LogP) is 2.01. The van der Waals surface area contributed by atoms with Crippen LogP contribution in [0, 0.1) is 0 Å². The van der Waals surface area contributed by atoms with Gasteiger partial charge in [0.05, 0.1) is 12.9 Å². The number of nitrogens with zero attached hydrogens (tertiary/aromatic N) is 3. The molecule has 0 saturated heterocycles. The summed E-state index contributed by atoms with van der Waals surface area (Å²) in [5.74, 6) is 0.127. The SMILES string of the molecule is O=C(c1cc(=O)[nH]cn1)N(Cc1ccccc1)c1ccccn1. The first-order chi connectivity index (χ1) is 11.2. The second-order valence-electron chi connectivity index (χ2n) is 4.86. The van der Waals surface area contributed by atoms with Crippen LogP contribution < -0.4 is 10.5 Å². The number of rotatable bonds is 4. The van der Waals surface area contributed by atoms with Crippen LogP contribution in [-0.4, -0.2) is 20.9 Å². The van der Waals surface area contributed by atoms with Crippen LogP contribution in [0.5, 0.6) is 0 Å². The molecule has 23 heavy (non-hydrogen) atoms. The van der Waals surface area contributed by atoms with Gasteiger partial charge in [0.1, 0.15) is 11.5 Å². The van der Waals surface area contributed by atoms with Crippen molar-refractivity contribution in [2.45, 2.75) is 6.54 Å². The Morgan fingerprint density at radius 1 is 1.04 bits per heavy atom. The second kappa shape index (κ2) is 6.65. The fourth-order valence-electron chi connectivity index (χ4n) is 2.16. The number of carbonyl (C=O) groups is 1. The second-order valence-corrected chi connectivity index (χ2v) is 4.86. The Morgan fingerprint density at radius 3 is 2.52 bits per heavy atom. The molecular weight excluding hydrogens is 292 g/mol. The molecule has 0 aliphatic heterocycles. The quantitative estimate of drug-likeness (QED) is 0.799. The molecule has 1 aromatic carbocycles. The summed E-state index contributed by atoms with van der Waals surface area (Å²) in [6, 6.07) is 16.1. The van der Waals surface area contributed by atoms with Crippen LogP contribution in [-0.2, 0) is 6.54 Å². The van der Waals surface area contributed by atoms with Crippen molar-refractivity contribution in [1.29, 1.82) is 0 Å². The van der Waals surface area contributed by atoms with E-state index < -0.39 is 0 Å². The summed E-state index contributed by atoms with van der Waals surface area (Å²) in [6.45, 7) is 0.338. The maximum atomic E-state index is 12.8. The van der Waals surface area contributed by atoms with E-state index in [1.54, 1.807) is 24.4 Å². The summed E-state index contributed by atoms with van der Waals surface area (Å²) in [6.07, 6.45) is 2.83. The first-order valence-electron chi connectivity index (χ1n) is 7.05. The molecule has 1 amide bonds. The fourth-order valence-corrected chi connectivity index (χ4v) is 2.16. The summed E-state index contributed by atoms with van der Waals surface area (Å²) in [5.41, 5.74) is 0.663. The third-order valence-corrected chi connectivity index (χ3v) is 3.25. The molecule has 0 atom stereocenters. The molecule has 0 fully saturated rings. The zero-order chi connectivity index (χ0) is 16.1. The van der Waals surface area contributed by atoms with Crippen molar-refractivity contribution in [1.82, 2.24) is 15.0 Å². The molecule has 2 aromatic heterocycles. The van der Waals surface area contributed by atoms with Crippen molar-refractivity contribution in [3.63, 3.8) is 0 Å². The molecule has 6 nitrogen and oxygen atoms in total. The van der Waals surface area contributed by atoms with Gasteiger partial charge in [-0.15, -0.1) is 0 Å². The lowest BCUT2D eigenvalue weighted by Crippen LogP contribution is -2.32. The van der Waals surface area contributed by atoms with Crippen LogP contribution in [0.4, 0.5) is 5.82 Å². The molecule has 0 aliphatic carbocycles. The van der Waals surface area contributed by atoms with Gasteiger partial charge >= 0.3 is 0 Å². The zero-order valence-corrected chi connectivity index (χ0v) is 12.2. The standard InChI is InChI=1S/C17H14N4O2/c22-16-10-14(19-12-20-16)17(23)21(15-8-4-5-9-18-15)11-13-6-2-1-3-7-13/h1-10,12H,11H2,(H,19,20,22). The predicted molar refractivity (Wildman–Crippen MR) is 86.1 cm³/mol. The van der Waals surface area contributed by atoms with Gasteiger partial charge in [0.2, 0.25) is 0 Å². The number of nitrogens with one attached hydrogen (secondary N) is 1. The molecule has 114 valence electrons. The monoisotopic (exact) mass is 306 g/mol. The fraction of sp³-hybridized carbons (Fsp3) is 0.0588. The van der Waals surface area contributed by atoms with Gasteiger partial charge in [-0.25, -0.2) is 9.97 Å². The summed E-state index contributed by atoms with van der Waals surface area (Å²) >= 11 is 0. The van der Waals surface area contributed by atoms with Gasteiger partial charge in [0.15, 0.2) is 0 Å². The molecule has 2 heterocycles. The third kappa shape index (κ3) is 3.49. The summed E-state index contributed by atoms with van der Waals surface area (Å²) in [5, 5.41) is 0. The smallest absolute Gasteiger partial charge is 0.278 e. The molecule has 6 heteroatoms. The van der Waals surface area contributed by atoms with Crippen molar-refractivity contribution in [3.8, 4) is 0 Å². The van der Waals surface area contributed by atoms with E-state index in [0.717, 1.165) is 5.56 Å². The molecule has 0 spiro atoms. The van der Waals surface area contributed by atoms with Crippen LogP contribution in [0.25, 0.3) is 0 Å². The number of benzene rings is 1. The topological polar surface area (TPSA) is 79.0 Å². The van der Waals surface area contributed by atoms with Gasteiger partial charge in [-0.2, -0.15) is 0 Å². The lowest BCUT2D eigenvalue weighted by atomic mass is 10.2. The van der Waals surface area contributed by atoms with Crippen molar-refractivity contribution in [2.24, 2.45) is 0 Å². The normalized spacial score (nSPS) is 10.3. The van der Waals surface area contributed by atoms with Gasteiger partial charge in [-0.1, -0.05) is 36.4 Å². The van der Waals surface area contributed by atoms with Gasteiger partial charge in [0, 0.05) is 12.3 Å². The van der Waals surface area contributed by atoms with Crippen LogP contribution in [0.3, 0.4) is 0 Å². The molecule has 0 saturated carbocycles. The van der Waals surface area contributed by atoms with Crippen LogP contribution >= 0.6 is 0 Å². The maximum absolute atomic E-state index is 12.8. The number of H-pyrrole nitrogens is 1. The van der Waals surface area contributed by atoms with Crippen LogP contribution in [0.2, 0.25) is 0 Å². The first-order valence-corrected chi connectivity index (χ1v) is 7.05. The number of carbonyl (C=O) groups excluding carboxylic acids is 1. The first kappa shape index (κ1) is 14.6. The number of amides is 1. The number of anilines is 1. The van der Waals surface area contributed by atoms with Gasteiger partial charge < -0.3 is 4.98 Å². The average molecular weight is 306 g/mol. The average Bonchev–Trinajstić information content (AvgIpc) is 2.61. The minimum Gasteiger partial charge on any atom is -0.313 e. The highest BCUT2D eigenvalue weighted by atomic mass is 16.2. The van der Waals surface area contributed by atoms with E-state index in [1.165, 1.54) is 17.3 Å². The Bertz CT molecular complexity index is 847. The molecule has 0 bridgehead atoms. The summed E-state index contributed by atoms with van der Waals surface area (Å²) in [7, 11) is 0. The molecule has 0 aliphatic rings. The van der Waals surface area contributed by atoms with Crippen molar-refractivity contribution in [2.75, 3.05) is 4.90 Å². The third-order valence-electron chi connectivity index (χ3n) is 3.25. The lowest BCUT2D eigenvalue weighted by molar-refractivity contribution is 0.0979. The minimum atomic E-state index is -0.376. The number of hydrogen-bond acceptors (Lipinski definition) is 4. The highest BCUT2D eigenvalue weighted by molar-refractivity contribution is 6.04. The van der Waals surface area contributed by atoms with E-state index in [9.17, 15) is 9.59 Å². The van der Waals surface area contributed by atoms with Crippen molar-refractivity contribution >= 4 is 11.7 Å². The van der Waals surface area contributed by atoms with Crippen molar-refractivity contribution in [3.05, 3.63) is 88.7 Å². The molecule has 1 N–H and O–H groups in total. The van der Waals surface area contributed by atoms with Gasteiger partial charge in [-0.05, 0) is 17.7 Å². The van der Waals surface area contributed by atoms with E-state index in [-0.39, 0.29) is 17.2 Å². The van der Waals surface area contributed by atoms with E-state index in [4.69, 9.17) is 0 Å². The Morgan fingerprint density at radius 2 is 1.83 bits per heavy atom. The molecular formula is C17H14N4O2. The Labute approximate surface area is 132 Å². The highest BCUT2D eigenvalue weighted by Crippen LogP contribution is 2.16. The van der Waals surface area contributed by atoms with Crippen molar-refractivity contribution < 1.29 is 4.79 Å². The summed E-state index contributed by atoms with van der Waals surface area (Å²) in [4.78, 5) is 36.3. The van der Waals surface area contributed by atoms with Crippen LogP contribution in [0.15, 0.2) is 71.9 Å². The highest BCUT2D eigenvalue weighted by Gasteiger charge is 2.20. The Hall–Kier alpha value is -3.28. The number of aromatic nitrogens is 3. The molecule has 0 unspecified atom stereocenters. The van der Waals surface area contributed by atoms with E-state index in [0.29, 0.717) is 12.4 Å². The molecule has 3 rings (SSSR count). The zero-order valence-electron chi connectivity index (χ0n) is 12.2. The lowest BCUT2D eigenvalue weighted by Gasteiger charge is -2.21. The van der Waals surface area contributed by atoms with E-state index in [1.807, 2.05) is 30.3 Å². The largest absolute Gasteiger partial charge is 0.313 e. The summed E-state index contributed by atoms with van der Waals surface area (Å²) < 4.78 is 0. The number of hydrogen-bond donors (Lipinski definition) is 1. The molecule has 0 radical (unpaired) electrons. The van der Waals surface area contributed by atoms with Gasteiger partial charge in [-0.3, -0.25) is 14.5 Å². The number of aromatic amines is 1. The van der Waals surface area contributed by atoms with E-state index in [2.05, 4.69) is 15.0 Å². The van der Waals surface area contributed by atoms with Crippen LogP contribution in [0.1, 0.15) is 16.1 Å². The number of pyridine rings is 1. The Balaban J connectivity index is 1.98. The van der Waals surface area contributed by atoms with Gasteiger partial charge in [0.25, 0.3) is 11.5 Å². The Kier molecular flexibility index (Phi) is 4.24. The minimum absolute atomic E-state index is 0.0790. The maximum Gasteiger partial charge on any atom is 0.278 e. The molecule has 3 aromatic rings. The van der Waals surface area contributed by atoms with E-state index >= 15 is 0 Å².